The van der Waals surface area contributed by atoms with Gasteiger partial charge in [0.05, 0.1) is 12.2 Å². The van der Waals surface area contributed by atoms with Crippen molar-refractivity contribution in [3.8, 4) is 5.75 Å². The highest BCUT2D eigenvalue weighted by molar-refractivity contribution is 9.10. The van der Waals surface area contributed by atoms with Crippen LogP contribution < -0.4 is 10.1 Å². The van der Waals surface area contributed by atoms with Gasteiger partial charge in [0, 0.05) is 30.1 Å². The van der Waals surface area contributed by atoms with E-state index in [1.54, 1.807) is 7.11 Å². The maximum absolute atomic E-state index is 5.72. The highest BCUT2D eigenvalue weighted by atomic mass is 79.9. The molecule has 3 nitrogen and oxygen atoms in total. The molecule has 1 aliphatic rings. The molecule has 0 spiro atoms. The Balaban J connectivity index is 1.90. The van der Waals surface area contributed by atoms with E-state index < -0.39 is 0 Å². The van der Waals surface area contributed by atoms with Gasteiger partial charge in [0.1, 0.15) is 5.75 Å². The largest absolute Gasteiger partial charge is 0.493 e. The summed E-state index contributed by atoms with van der Waals surface area (Å²) in [6.07, 6.45) is 2.00. The molecule has 0 saturated carbocycles. The second kappa shape index (κ2) is 6.25. The lowest BCUT2D eigenvalue weighted by atomic mass is 10.1. The van der Waals surface area contributed by atoms with Crippen LogP contribution in [0.1, 0.15) is 31.4 Å². The van der Waals surface area contributed by atoms with Crippen molar-refractivity contribution in [1.82, 2.24) is 5.32 Å². The van der Waals surface area contributed by atoms with E-state index in [1.165, 1.54) is 11.1 Å². The third-order valence-corrected chi connectivity index (χ3v) is 4.06. The Hall–Kier alpha value is -0.580. The molecule has 1 aliphatic heterocycles. The number of fused-ring (bicyclic) bond motifs is 1. The minimum atomic E-state index is -0.0667. The van der Waals surface area contributed by atoms with E-state index in [-0.39, 0.29) is 5.60 Å². The quantitative estimate of drug-likeness (QED) is 0.813. The molecule has 0 atom stereocenters. The van der Waals surface area contributed by atoms with Gasteiger partial charge in [-0.05, 0) is 44.5 Å². The van der Waals surface area contributed by atoms with Gasteiger partial charge in [-0.3, -0.25) is 0 Å². The molecule has 0 aliphatic carbocycles. The molecule has 1 aromatic rings. The highest BCUT2D eigenvalue weighted by Crippen LogP contribution is 2.32. The van der Waals surface area contributed by atoms with Crippen molar-refractivity contribution in [2.75, 3.05) is 20.3 Å². The molecule has 2 rings (SSSR count). The molecule has 19 heavy (non-hydrogen) atoms. The van der Waals surface area contributed by atoms with Gasteiger partial charge >= 0.3 is 0 Å². The number of hydrogen-bond acceptors (Lipinski definition) is 3. The van der Waals surface area contributed by atoms with Crippen LogP contribution in [-0.4, -0.2) is 25.9 Å². The molecule has 1 aromatic carbocycles. The molecule has 0 saturated heterocycles. The van der Waals surface area contributed by atoms with Crippen LogP contribution in [-0.2, 0) is 17.7 Å². The van der Waals surface area contributed by atoms with Crippen LogP contribution in [0.2, 0.25) is 0 Å². The molecule has 0 aromatic heterocycles. The summed E-state index contributed by atoms with van der Waals surface area (Å²) in [6, 6.07) is 4.29. The van der Waals surface area contributed by atoms with E-state index in [0.717, 1.165) is 42.8 Å². The van der Waals surface area contributed by atoms with Crippen LogP contribution in [0, 0.1) is 0 Å². The Kier molecular flexibility index (Phi) is 4.87. The predicted molar refractivity (Wildman–Crippen MR) is 80.8 cm³/mol. The van der Waals surface area contributed by atoms with E-state index in [1.807, 2.05) is 0 Å². The van der Waals surface area contributed by atoms with Gasteiger partial charge in [-0.15, -0.1) is 0 Å². The van der Waals surface area contributed by atoms with Crippen molar-refractivity contribution in [2.24, 2.45) is 0 Å². The molecule has 1 heterocycles. The van der Waals surface area contributed by atoms with E-state index in [2.05, 4.69) is 47.2 Å². The van der Waals surface area contributed by atoms with Gasteiger partial charge < -0.3 is 14.8 Å². The van der Waals surface area contributed by atoms with Gasteiger partial charge in [0.25, 0.3) is 0 Å². The normalized spacial score (nSPS) is 14.3. The molecule has 0 bridgehead atoms. The third kappa shape index (κ3) is 3.94. The summed E-state index contributed by atoms with van der Waals surface area (Å²) >= 11 is 3.56. The van der Waals surface area contributed by atoms with Gasteiger partial charge in [0.2, 0.25) is 0 Å². The molecule has 106 valence electrons. The van der Waals surface area contributed by atoms with Gasteiger partial charge in [-0.2, -0.15) is 0 Å². The lowest BCUT2D eigenvalue weighted by molar-refractivity contribution is 0.0158. The molecule has 0 unspecified atom stereocenters. The fraction of sp³-hybridized carbons (Fsp3) is 0.600. The Bertz CT molecular complexity index is 446. The standard InChI is InChI=1S/C15H22BrNO2/c1-15(2,18-3)5-6-17-10-12-9-13(16)8-11-4-7-19-14(11)12/h8-9,17H,4-7,10H2,1-3H3. The average molecular weight is 328 g/mol. The topological polar surface area (TPSA) is 30.5 Å². The first-order chi connectivity index (χ1) is 9.02. The second-order valence-corrected chi connectivity index (χ2v) is 6.46. The Morgan fingerprint density at radius 2 is 2.21 bits per heavy atom. The van der Waals surface area contributed by atoms with E-state index in [9.17, 15) is 0 Å². The lowest BCUT2D eigenvalue weighted by Gasteiger charge is -2.22. The summed E-state index contributed by atoms with van der Waals surface area (Å²) in [7, 11) is 1.76. The number of ether oxygens (including phenoxy) is 2. The van der Waals surface area contributed by atoms with E-state index in [0.29, 0.717) is 0 Å². The molecule has 1 N–H and O–H groups in total. The molecule has 0 amide bonds. The minimum Gasteiger partial charge on any atom is -0.493 e. The van der Waals surface area contributed by atoms with Crippen molar-refractivity contribution in [1.29, 1.82) is 0 Å². The fourth-order valence-electron chi connectivity index (χ4n) is 2.19. The van der Waals surface area contributed by atoms with Gasteiger partial charge in [-0.1, -0.05) is 15.9 Å². The summed E-state index contributed by atoms with van der Waals surface area (Å²) in [5, 5.41) is 3.47. The summed E-state index contributed by atoms with van der Waals surface area (Å²) in [5.74, 6) is 1.07. The molecule has 4 heteroatoms. The third-order valence-electron chi connectivity index (χ3n) is 3.60. The second-order valence-electron chi connectivity index (χ2n) is 5.54. The Labute approximate surface area is 123 Å². The SMILES string of the molecule is COC(C)(C)CCNCc1cc(Br)cc2c1OCC2. The van der Waals surface area contributed by atoms with Crippen LogP contribution in [0.25, 0.3) is 0 Å². The predicted octanol–water partition coefficient (Wildman–Crippen LogP) is 3.29. The average Bonchev–Trinajstić information content (AvgIpc) is 2.82. The van der Waals surface area contributed by atoms with Crippen molar-refractivity contribution in [3.05, 3.63) is 27.7 Å². The van der Waals surface area contributed by atoms with E-state index >= 15 is 0 Å². The number of hydrogen-bond donors (Lipinski definition) is 1. The Morgan fingerprint density at radius 3 is 2.95 bits per heavy atom. The van der Waals surface area contributed by atoms with Crippen molar-refractivity contribution in [3.63, 3.8) is 0 Å². The highest BCUT2D eigenvalue weighted by Gasteiger charge is 2.18. The van der Waals surface area contributed by atoms with Crippen LogP contribution in [0.5, 0.6) is 5.75 Å². The van der Waals surface area contributed by atoms with E-state index in [4.69, 9.17) is 9.47 Å². The zero-order chi connectivity index (χ0) is 13.9. The number of methoxy groups -OCH3 is 1. The summed E-state index contributed by atoms with van der Waals surface area (Å²) in [6.45, 7) is 6.78. The number of benzene rings is 1. The first kappa shape index (κ1) is 14.8. The summed E-state index contributed by atoms with van der Waals surface area (Å²) < 4.78 is 12.3. The first-order valence-electron chi connectivity index (χ1n) is 6.72. The molecule has 0 fully saturated rings. The maximum atomic E-state index is 5.72. The molecular weight excluding hydrogens is 306 g/mol. The van der Waals surface area contributed by atoms with Crippen LogP contribution in [0.4, 0.5) is 0 Å². The summed E-state index contributed by atoms with van der Waals surface area (Å²) in [5.41, 5.74) is 2.48. The maximum Gasteiger partial charge on any atom is 0.127 e. The van der Waals surface area contributed by atoms with Crippen LogP contribution in [0.3, 0.4) is 0 Å². The van der Waals surface area contributed by atoms with Gasteiger partial charge in [0.15, 0.2) is 0 Å². The van der Waals surface area contributed by atoms with Crippen molar-refractivity contribution < 1.29 is 9.47 Å². The van der Waals surface area contributed by atoms with Crippen molar-refractivity contribution >= 4 is 15.9 Å². The fourth-order valence-corrected chi connectivity index (χ4v) is 2.74. The molecular formula is C15H22BrNO2. The zero-order valence-electron chi connectivity index (χ0n) is 11.9. The Morgan fingerprint density at radius 1 is 1.42 bits per heavy atom. The van der Waals surface area contributed by atoms with Gasteiger partial charge in [-0.25, -0.2) is 0 Å². The lowest BCUT2D eigenvalue weighted by Crippen LogP contribution is -2.28. The number of rotatable bonds is 6. The van der Waals surface area contributed by atoms with Crippen LogP contribution >= 0.6 is 15.9 Å². The van der Waals surface area contributed by atoms with Crippen LogP contribution in [0.15, 0.2) is 16.6 Å². The summed E-state index contributed by atoms with van der Waals surface area (Å²) in [4.78, 5) is 0. The number of nitrogens with one attached hydrogen (secondary N) is 1. The van der Waals surface area contributed by atoms with Crippen molar-refractivity contribution in [2.45, 2.75) is 38.8 Å². The zero-order valence-corrected chi connectivity index (χ0v) is 13.5. The monoisotopic (exact) mass is 327 g/mol. The molecule has 0 radical (unpaired) electrons. The first-order valence-corrected chi connectivity index (χ1v) is 7.51. The number of halogens is 1. The smallest absolute Gasteiger partial charge is 0.127 e. The minimum absolute atomic E-state index is 0.0667.